The van der Waals surface area contributed by atoms with Crippen molar-refractivity contribution in [1.29, 1.82) is 0 Å². The maximum Gasteiger partial charge on any atom is 0.197 e. The summed E-state index contributed by atoms with van der Waals surface area (Å²) >= 11 is 1.48. The zero-order chi connectivity index (χ0) is 14.2. The second-order valence-electron chi connectivity index (χ2n) is 4.61. The van der Waals surface area contributed by atoms with Gasteiger partial charge in [-0.3, -0.25) is 4.79 Å². The Hall–Kier alpha value is -1.87. The van der Waals surface area contributed by atoms with E-state index in [1.54, 1.807) is 6.08 Å². The standard InChI is InChI=1S/C17H19NOS/c1-2-3-8-15(18-14-9-5-4-6-10-14)13-16(19)17-11-7-12-20-17/h4-7,9-13,18H,2-3,8H2,1H3/b15-13-. The van der Waals surface area contributed by atoms with E-state index in [9.17, 15) is 4.79 Å². The Morgan fingerprint density at radius 2 is 2.00 bits per heavy atom. The average Bonchev–Trinajstić information content (AvgIpc) is 3.00. The van der Waals surface area contributed by atoms with Crippen LogP contribution in [0.3, 0.4) is 0 Å². The first-order valence-electron chi connectivity index (χ1n) is 6.90. The van der Waals surface area contributed by atoms with Crippen LogP contribution in [-0.4, -0.2) is 5.78 Å². The fourth-order valence-electron chi connectivity index (χ4n) is 1.89. The molecule has 2 aromatic rings. The van der Waals surface area contributed by atoms with Crippen LogP contribution in [-0.2, 0) is 0 Å². The zero-order valence-electron chi connectivity index (χ0n) is 11.6. The van der Waals surface area contributed by atoms with Crippen LogP contribution in [0, 0.1) is 0 Å². The molecule has 1 heterocycles. The highest BCUT2D eigenvalue weighted by Gasteiger charge is 2.06. The molecule has 104 valence electrons. The van der Waals surface area contributed by atoms with Crippen molar-refractivity contribution in [2.24, 2.45) is 0 Å². The molecule has 0 aliphatic heterocycles. The molecule has 0 amide bonds. The van der Waals surface area contributed by atoms with Crippen LogP contribution in [0.25, 0.3) is 0 Å². The van der Waals surface area contributed by atoms with E-state index in [1.165, 1.54) is 11.3 Å². The van der Waals surface area contributed by atoms with Crippen LogP contribution in [0.1, 0.15) is 35.9 Å². The van der Waals surface area contributed by atoms with E-state index in [0.717, 1.165) is 35.5 Å². The molecule has 0 radical (unpaired) electrons. The fourth-order valence-corrected chi connectivity index (χ4v) is 2.53. The molecule has 20 heavy (non-hydrogen) atoms. The topological polar surface area (TPSA) is 29.1 Å². The van der Waals surface area contributed by atoms with Crippen LogP contribution in [0.2, 0.25) is 0 Å². The van der Waals surface area contributed by atoms with Gasteiger partial charge in [0.1, 0.15) is 0 Å². The number of rotatable bonds is 7. The van der Waals surface area contributed by atoms with E-state index in [2.05, 4.69) is 12.2 Å². The molecule has 1 N–H and O–H groups in total. The molecular formula is C17H19NOS. The molecule has 0 fully saturated rings. The molecule has 0 atom stereocenters. The number of hydrogen-bond acceptors (Lipinski definition) is 3. The van der Waals surface area contributed by atoms with Crippen molar-refractivity contribution in [2.45, 2.75) is 26.2 Å². The van der Waals surface area contributed by atoms with Crippen LogP contribution in [0.15, 0.2) is 59.6 Å². The Morgan fingerprint density at radius 3 is 2.65 bits per heavy atom. The van der Waals surface area contributed by atoms with Crippen molar-refractivity contribution < 1.29 is 4.79 Å². The van der Waals surface area contributed by atoms with Gasteiger partial charge in [-0.15, -0.1) is 11.3 Å². The van der Waals surface area contributed by atoms with Crippen molar-refractivity contribution >= 4 is 22.8 Å². The Kier molecular flexibility index (Phi) is 5.56. The number of thiophene rings is 1. The Balaban J connectivity index is 2.12. The molecule has 2 nitrogen and oxygen atoms in total. The number of nitrogens with one attached hydrogen (secondary N) is 1. The number of carbonyl (C=O) groups is 1. The van der Waals surface area contributed by atoms with Gasteiger partial charge >= 0.3 is 0 Å². The van der Waals surface area contributed by atoms with Crippen molar-refractivity contribution in [3.8, 4) is 0 Å². The normalized spacial score (nSPS) is 11.3. The number of allylic oxidation sites excluding steroid dienone is 2. The third-order valence-corrected chi connectivity index (χ3v) is 3.83. The molecule has 0 aliphatic carbocycles. The second kappa shape index (κ2) is 7.65. The number of anilines is 1. The zero-order valence-corrected chi connectivity index (χ0v) is 12.5. The maximum atomic E-state index is 12.2. The largest absolute Gasteiger partial charge is 0.359 e. The highest BCUT2D eigenvalue weighted by molar-refractivity contribution is 7.12. The summed E-state index contributed by atoms with van der Waals surface area (Å²) in [4.78, 5) is 12.9. The first kappa shape index (κ1) is 14.5. The lowest BCUT2D eigenvalue weighted by molar-refractivity contribution is 0.104. The number of unbranched alkanes of at least 4 members (excludes halogenated alkanes) is 1. The van der Waals surface area contributed by atoms with Gasteiger partial charge in [-0.2, -0.15) is 0 Å². The van der Waals surface area contributed by atoms with Gasteiger partial charge in [0.15, 0.2) is 5.78 Å². The van der Waals surface area contributed by atoms with Gasteiger partial charge in [0.05, 0.1) is 4.88 Å². The van der Waals surface area contributed by atoms with E-state index in [4.69, 9.17) is 0 Å². The summed E-state index contributed by atoms with van der Waals surface area (Å²) < 4.78 is 0. The monoisotopic (exact) mass is 285 g/mol. The molecule has 3 heteroatoms. The van der Waals surface area contributed by atoms with Gasteiger partial charge in [-0.05, 0) is 36.4 Å². The van der Waals surface area contributed by atoms with Crippen molar-refractivity contribution in [3.63, 3.8) is 0 Å². The van der Waals surface area contributed by atoms with E-state index in [0.29, 0.717) is 0 Å². The Labute approximate surface area is 124 Å². The quantitative estimate of drug-likeness (QED) is 0.565. The molecule has 0 saturated carbocycles. The average molecular weight is 285 g/mol. The molecule has 1 aromatic heterocycles. The van der Waals surface area contributed by atoms with Crippen LogP contribution in [0.5, 0.6) is 0 Å². The van der Waals surface area contributed by atoms with E-state index < -0.39 is 0 Å². The van der Waals surface area contributed by atoms with Gasteiger partial charge < -0.3 is 5.32 Å². The second-order valence-corrected chi connectivity index (χ2v) is 5.55. The molecule has 0 saturated heterocycles. The van der Waals surface area contributed by atoms with Crippen molar-refractivity contribution in [2.75, 3.05) is 5.32 Å². The van der Waals surface area contributed by atoms with E-state index in [-0.39, 0.29) is 5.78 Å². The Morgan fingerprint density at radius 1 is 1.20 bits per heavy atom. The van der Waals surface area contributed by atoms with Gasteiger partial charge in [0.2, 0.25) is 0 Å². The number of ketones is 1. The van der Waals surface area contributed by atoms with E-state index >= 15 is 0 Å². The predicted molar refractivity (Wildman–Crippen MR) is 86.3 cm³/mol. The minimum Gasteiger partial charge on any atom is -0.359 e. The lowest BCUT2D eigenvalue weighted by Crippen LogP contribution is -2.03. The summed E-state index contributed by atoms with van der Waals surface area (Å²) in [5, 5.41) is 5.28. The third-order valence-electron chi connectivity index (χ3n) is 2.95. The van der Waals surface area contributed by atoms with Gasteiger partial charge in [-0.1, -0.05) is 37.6 Å². The molecule has 0 unspecified atom stereocenters. The van der Waals surface area contributed by atoms with E-state index in [1.807, 2.05) is 47.8 Å². The summed E-state index contributed by atoms with van der Waals surface area (Å²) in [6.07, 6.45) is 4.81. The number of hydrogen-bond donors (Lipinski definition) is 1. The first-order valence-corrected chi connectivity index (χ1v) is 7.78. The summed E-state index contributed by atoms with van der Waals surface area (Å²) in [6, 6.07) is 13.7. The number of para-hydroxylation sites is 1. The molecule has 0 bridgehead atoms. The smallest absolute Gasteiger partial charge is 0.197 e. The molecular weight excluding hydrogens is 266 g/mol. The minimum atomic E-state index is 0.0783. The molecule has 0 aliphatic rings. The van der Waals surface area contributed by atoms with Gasteiger partial charge in [0.25, 0.3) is 0 Å². The molecule has 0 spiro atoms. The summed E-state index contributed by atoms with van der Waals surface area (Å²) in [5.74, 6) is 0.0783. The number of benzene rings is 1. The van der Waals surface area contributed by atoms with Crippen LogP contribution < -0.4 is 5.32 Å². The summed E-state index contributed by atoms with van der Waals surface area (Å²) in [6.45, 7) is 2.15. The fraction of sp³-hybridized carbons (Fsp3) is 0.235. The summed E-state index contributed by atoms with van der Waals surface area (Å²) in [5.41, 5.74) is 2.00. The lowest BCUT2D eigenvalue weighted by atomic mass is 10.1. The SMILES string of the molecule is CCCC/C(=C/C(=O)c1cccs1)Nc1ccccc1. The maximum absolute atomic E-state index is 12.2. The highest BCUT2D eigenvalue weighted by Crippen LogP contribution is 2.16. The minimum absolute atomic E-state index is 0.0783. The van der Waals surface area contributed by atoms with Crippen LogP contribution in [0.4, 0.5) is 5.69 Å². The van der Waals surface area contributed by atoms with Crippen molar-refractivity contribution in [3.05, 3.63) is 64.5 Å². The van der Waals surface area contributed by atoms with Gasteiger partial charge in [0, 0.05) is 17.5 Å². The molecule has 2 rings (SSSR count). The first-order chi connectivity index (χ1) is 9.79. The third kappa shape index (κ3) is 4.35. The van der Waals surface area contributed by atoms with Gasteiger partial charge in [-0.25, -0.2) is 0 Å². The lowest BCUT2D eigenvalue weighted by Gasteiger charge is -2.10. The van der Waals surface area contributed by atoms with Crippen molar-refractivity contribution in [1.82, 2.24) is 0 Å². The highest BCUT2D eigenvalue weighted by atomic mass is 32.1. The van der Waals surface area contributed by atoms with Crippen LogP contribution >= 0.6 is 11.3 Å². The number of carbonyl (C=O) groups excluding carboxylic acids is 1. The predicted octanol–water partition coefficient (Wildman–Crippen LogP) is 5.12. The Bertz CT molecular complexity index is 558. The molecule has 1 aromatic carbocycles. The summed E-state index contributed by atoms with van der Waals surface area (Å²) in [7, 11) is 0.